The number of hydrogen-bond donors (Lipinski definition) is 1. The standard InChI is InChI=1S/C20H15ClN4O3S/c1-10-2-4-13-16(6-10)29-20-17(13)19(26)23-18(24-20)12(9-22)7-11-3-5-14(21)15(8-11)25(27)28/h3,5,7-8,10H,2,4,6H2,1H3,(H,23,24,26)/b12-7-. The average molecular weight is 427 g/mol. The number of benzene rings is 1. The first-order chi connectivity index (χ1) is 13.9. The highest BCUT2D eigenvalue weighted by molar-refractivity contribution is 7.18. The van der Waals surface area contributed by atoms with E-state index in [4.69, 9.17) is 11.6 Å². The number of nitrogens with one attached hydrogen (secondary N) is 1. The maximum absolute atomic E-state index is 12.7. The lowest BCUT2D eigenvalue weighted by Crippen LogP contribution is -2.14. The zero-order chi connectivity index (χ0) is 20.7. The Balaban J connectivity index is 1.82. The van der Waals surface area contributed by atoms with Gasteiger partial charge in [0.1, 0.15) is 15.9 Å². The lowest BCUT2D eigenvalue weighted by Gasteiger charge is -2.17. The van der Waals surface area contributed by atoms with E-state index in [1.165, 1.54) is 34.4 Å². The molecule has 2 aromatic heterocycles. The summed E-state index contributed by atoms with van der Waals surface area (Å²) in [5.41, 5.74) is 1.08. The molecule has 4 rings (SSSR count). The zero-order valence-electron chi connectivity index (χ0n) is 15.4. The molecule has 0 radical (unpaired) electrons. The van der Waals surface area contributed by atoms with Crippen LogP contribution in [0, 0.1) is 27.4 Å². The number of H-pyrrole nitrogens is 1. The van der Waals surface area contributed by atoms with Crippen LogP contribution in [0.15, 0.2) is 23.0 Å². The second-order valence-electron chi connectivity index (χ2n) is 7.08. The number of nitrogens with zero attached hydrogens (tertiary/aromatic N) is 3. The van der Waals surface area contributed by atoms with E-state index in [1.54, 1.807) is 6.07 Å². The normalized spacial score (nSPS) is 16.4. The van der Waals surface area contributed by atoms with Gasteiger partial charge in [-0.3, -0.25) is 14.9 Å². The summed E-state index contributed by atoms with van der Waals surface area (Å²) in [5.74, 6) is 0.721. The molecule has 0 amide bonds. The van der Waals surface area contributed by atoms with E-state index in [-0.39, 0.29) is 27.7 Å². The Bertz CT molecular complexity index is 1290. The van der Waals surface area contributed by atoms with Crippen molar-refractivity contribution in [2.75, 3.05) is 0 Å². The van der Waals surface area contributed by atoms with Crippen molar-refractivity contribution in [3.05, 3.63) is 65.5 Å². The first kappa shape index (κ1) is 19.3. The molecule has 29 heavy (non-hydrogen) atoms. The summed E-state index contributed by atoms with van der Waals surface area (Å²) in [6.07, 6.45) is 4.28. The number of thiophene rings is 1. The topological polar surface area (TPSA) is 113 Å². The maximum Gasteiger partial charge on any atom is 0.288 e. The van der Waals surface area contributed by atoms with Gasteiger partial charge < -0.3 is 4.98 Å². The van der Waals surface area contributed by atoms with Gasteiger partial charge in [0, 0.05) is 10.9 Å². The highest BCUT2D eigenvalue weighted by Crippen LogP contribution is 2.36. The fourth-order valence-electron chi connectivity index (χ4n) is 3.56. The van der Waals surface area contributed by atoms with Crippen molar-refractivity contribution < 1.29 is 4.92 Å². The van der Waals surface area contributed by atoms with Gasteiger partial charge in [0.05, 0.1) is 15.9 Å². The largest absolute Gasteiger partial charge is 0.305 e. The summed E-state index contributed by atoms with van der Waals surface area (Å²) < 4.78 is 0. The van der Waals surface area contributed by atoms with Gasteiger partial charge in [-0.25, -0.2) is 4.98 Å². The fraction of sp³-hybridized carbons (Fsp3) is 0.250. The third kappa shape index (κ3) is 3.55. The number of aromatic amines is 1. The lowest BCUT2D eigenvalue weighted by molar-refractivity contribution is -0.384. The first-order valence-corrected chi connectivity index (χ1v) is 10.2. The molecule has 0 saturated heterocycles. The molecule has 1 N–H and O–H groups in total. The Labute approximate surface area is 174 Å². The van der Waals surface area contributed by atoms with Gasteiger partial charge in [-0.2, -0.15) is 5.26 Å². The molecule has 1 unspecified atom stereocenters. The molecule has 1 aromatic carbocycles. The average Bonchev–Trinajstić information content (AvgIpc) is 3.04. The predicted octanol–water partition coefficient (Wildman–Crippen LogP) is 4.74. The van der Waals surface area contributed by atoms with Crippen LogP contribution in [-0.2, 0) is 12.8 Å². The molecule has 0 aliphatic heterocycles. The molecule has 1 aliphatic carbocycles. The van der Waals surface area contributed by atoms with E-state index < -0.39 is 4.92 Å². The molecule has 0 bridgehead atoms. The number of nitriles is 1. The van der Waals surface area contributed by atoms with Crippen LogP contribution >= 0.6 is 22.9 Å². The quantitative estimate of drug-likeness (QED) is 0.369. The Morgan fingerprint density at radius 2 is 2.31 bits per heavy atom. The van der Waals surface area contributed by atoms with E-state index >= 15 is 0 Å². The monoisotopic (exact) mass is 426 g/mol. The number of hydrogen-bond acceptors (Lipinski definition) is 6. The molecular weight excluding hydrogens is 412 g/mol. The lowest BCUT2D eigenvalue weighted by atomic mass is 9.89. The Morgan fingerprint density at radius 3 is 3.03 bits per heavy atom. The summed E-state index contributed by atoms with van der Waals surface area (Å²) in [7, 11) is 0. The van der Waals surface area contributed by atoms with Gasteiger partial charge in [0.2, 0.25) is 0 Å². The number of nitro benzene ring substituents is 1. The molecule has 0 saturated carbocycles. The van der Waals surface area contributed by atoms with Gasteiger partial charge >= 0.3 is 0 Å². The number of nitro groups is 1. The van der Waals surface area contributed by atoms with Gasteiger partial charge in [0.25, 0.3) is 11.2 Å². The van der Waals surface area contributed by atoms with Crippen LogP contribution in [0.2, 0.25) is 5.02 Å². The third-order valence-electron chi connectivity index (χ3n) is 5.02. The van der Waals surface area contributed by atoms with E-state index in [0.717, 1.165) is 24.8 Å². The number of halogens is 1. The molecular formula is C20H15ClN4O3S. The molecule has 1 aliphatic rings. The summed E-state index contributed by atoms with van der Waals surface area (Å²) >= 11 is 7.34. The fourth-order valence-corrected chi connectivity index (χ4v) is 5.13. The summed E-state index contributed by atoms with van der Waals surface area (Å²) in [6, 6.07) is 6.26. The molecule has 0 spiro atoms. The van der Waals surface area contributed by atoms with Crippen molar-refractivity contribution in [2.45, 2.75) is 26.2 Å². The van der Waals surface area contributed by atoms with Crippen molar-refractivity contribution in [3.63, 3.8) is 0 Å². The van der Waals surface area contributed by atoms with Gasteiger partial charge in [-0.1, -0.05) is 24.6 Å². The van der Waals surface area contributed by atoms with Crippen LogP contribution in [-0.4, -0.2) is 14.9 Å². The van der Waals surface area contributed by atoms with Crippen molar-refractivity contribution in [1.82, 2.24) is 9.97 Å². The predicted molar refractivity (Wildman–Crippen MR) is 113 cm³/mol. The first-order valence-electron chi connectivity index (χ1n) is 8.98. The highest BCUT2D eigenvalue weighted by Gasteiger charge is 2.23. The minimum absolute atomic E-state index is 0.0111. The van der Waals surface area contributed by atoms with Crippen LogP contribution in [0.4, 0.5) is 5.69 Å². The van der Waals surface area contributed by atoms with E-state index in [2.05, 4.69) is 16.9 Å². The summed E-state index contributed by atoms with van der Waals surface area (Å²) in [5, 5.41) is 21.3. The highest BCUT2D eigenvalue weighted by atomic mass is 35.5. The molecule has 146 valence electrons. The smallest absolute Gasteiger partial charge is 0.288 e. The molecule has 2 heterocycles. The van der Waals surface area contributed by atoms with Gasteiger partial charge in [0.15, 0.2) is 5.82 Å². The van der Waals surface area contributed by atoms with Crippen LogP contribution in [0.25, 0.3) is 21.9 Å². The molecule has 9 heteroatoms. The van der Waals surface area contributed by atoms with E-state index in [0.29, 0.717) is 21.7 Å². The zero-order valence-corrected chi connectivity index (χ0v) is 16.9. The maximum atomic E-state index is 12.7. The number of allylic oxidation sites excluding steroid dienone is 1. The minimum Gasteiger partial charge on any atom is -0.305 e. The van der Waals surface area contributed by atoms with E-state index in [9.17, 15) is 20.2 Å². The molecule has 3 aromatic rings. The van der Waals surface area contributed by atoms with Crippen molar-refractivity contribution >= 4 is 50.5 Å². The number of rotatable bonds is 3. The second-order valence-corrected chi connectivity index (χ2v) is 8.58. The van der Waals surface area contributed by atoms with Crippen LogP contribution < -0.4 is 5.56 Å². The van der Waals surface area contributed by atoms with Crippen molar-refractivity contribution in [1.29, 1.82) is 5.26 Å². The molecule has 0 fully saturated rings. The van der Waals surface area contributed by atoms with Gasteiger partial charge in [-0.15, -0.1) is 11.3 Å². The summed E-state index contributed by atoms with van der Waals surface area (Å²) in [4.78, 5) is 32.3. The second kappa shape index (κ2) is 7.43. The minimum atomic E-state index is -0.588. The third-order valence-corrected chi connectivity index (χ3v) is 6.49. The van der Waals surface area contributed by atoms with Crippen molar-refractivity contribution in [2.24, 2.45) is 5.92 Å². The van der Waals surface area contributed by atoms with Crippen molar-refractivity contribution in [3.8, 4) is 6.07 Å². The van der Waals surface area contributed by atoms with E-state index in [1.807, 2.05) is 6.07 Å². The van der Waals surface area contributed by atoms with Crippen LogP contribution in [0.1, 0.15) is 35.2 Å². The summed E-state index contributed by atoms with van der Waals surface area (Å²) in [6.45, 7) is 2.19. The number of aryl methyl sites for hydroxylation is 1. The Kier molecular flexibility index (Phi) is 4.94. The molecule has 1 atom stereocenters. The number of fused-ring (bicyclic) bond motifs is 3. The molecule has 7 nitrogen and oxygen atoms in total. The Morgan fingerprint density at radius 1 is 1.52 bits per heavy atom. The van der Waals surface area contributed by atoms with Crippen LogP contribution in [0.3, 0.4) is 0 Å². The number of aromatic nitrogens is 2. The van der Waals surface area contributed by atoms with Crippen LogP contribution in [0.5, 0.6) is 0 Å². The Hall–Kier alpha value is -3.02. The SMILES string of the molecule is CC1CCc2c(sc3nc(/C(C#N)=C\c4ccc(Cl)c([N+](=O)[O-])c4)[nH]c(=O)c23)C1. The van der Waals surface area contributed by atoms with Gasteiger partial charge in [-0.05, 0) is 48.4 Å².